The van der Waals surface area contributed by atoms with E-state index in [-0.39, 0.29) is 0 Å². The van der Waals surface area contributed by atoms with Crippen LogP contribution in [-0.4, -0.2) is 4.98 Å². The maximum Gasteiger partial charge on any atom is 0.227 e. The van der Waals surface area contributed by atoms with E-state index in [1.54, 1.807) is 6.20 Å². The predicted octanol–water partition coefficient (Wildman–Crippen LogP) is 10.9. The normalized spacial score (nSPS) is 11.3. The first-order valence-corrected chi connectivity index (χ1v) is 14.1. The first-order chi connectivity index (χ1) is 20.8. The van der Waals surface area contributed by atoms with Gasteiger partial charge in [0.25, 0.3) is 0 Å². The minimum Gasteiger partial charge on any atom is -0.438 e. The lowest BCUT2D eigenvalue weighted by Crippen LogP contribution is -2.09. The highest BCUT2D eigenvalue weighted by atomic mass is 16.3. The van der Waals surface area contributed by atoms with Gasteiger partial charge in [-0.2, -0.15) is 0 Å². The zero-order valence-electron chi connectivity index (χ0n) is 22.8. The number of fused-ring (bicyclic) bond motifs is 4. The van der Waals surface area contributed by atoms with Crippen molar-refractivity contribution in [1.29, 1.82) is 0 Å². The second-order valence-electron chi connectivity index (χ2n) is 10.5. The summed E-state index contributed by atoms with van der Waals surface area (Å²) in [6.45, 7) is 0. The minimum absolute atomic E-state index is 0.656. The molecule has 2 heterocycles. The Balaban J connectivity index is 1.27. The lowest BCUT2D eigenvalue weighted by molar-refractivity contribution is 0.654. The monoisotopic (exact) mass is 538 g/mol. The molecule has 0 aliphatic heterocycles. The summed E-state index contributed by atoms with van der Waals surface area (Å²) in [5, 5.41) is 4.47. The Morgan fingerprint density at radius 1 is 0.429 bits per heavy atom. The largest absolute Gasteiger partial charge is 0.438 e. The summed E-state index contributed by atoms with van der Waals surface area (Å²) in [5.41, 5.74) is 9.55. The zero-order chi connectivity index (χ0) is 27.9. The van der Waals surface area contributed by atoms with Crippen LogP contribution in [0.1, 0.15) is 0 Å². The lowest BCUT2D eigenvalue weighted by atomic mass is 10.0. The molecule has 0 fully saturated rings. The molecule has 0 aliphatic carbocycles. The van der Waals surface area contributed by atoms with E-state index in [0.717, 1.165) is 33.4 Å². The molecule has 0 spiro atoms. The van der Waals surface area contributed by atoms with Crippen LogP contribution in [0.25, 0.3) is 55.1 Å². The van der Waals surface area contributed by atoms with Crippen molar-refractivity contribution in [3.05, 3.63) is 158 Å². The smallest absolute Gasteiger partial charge is 0.227 e. The highest BCUT2D eigenvalue weighted by Crippen LogP contribution is 2.40. The van der Waals surface area contributed by atoms with E-state index in [4.69, 9.17) is 4.42 Å². The Kier molecular flexibility index (Phi) is 5.79. The Bertz CT molecular complexity index is 2180. The van der Waals surface area contributed by atoms with Gasteiger partial charge in [-0.3, -0.25) is 0 Å². The molecule has 8 rings (SSSR count). The van der Waals surface area contributed by atoms with Crippen LogP contribution in [0.4, 0.5) is 17.1 Å². The van der Waals surface area contributed by atoms with Gasteiger partial charge in [0.2, 0.25) is 5.71 Å². The number of rotatable bonds is 5. The van der Waals surface area contributed by atoms with Gasteiger partial charge in [-0.05, 0) is 93.7 Å². The van der Waals surface area contributed by atoms with E-state index in [9.17, 15) is 0 Å². The lowest BCUT2D eigenvalue weighted by Gasteiger charge is -2.26. The van der Waals surface area contributed by atoms with Crippen LogP contribution in [0, 0.1) is 0 Å². The molecule has 8 aromatic rings. The molecular formula is C39H26N2O. The van der Waals surface area contributed by atoms with Gasteiger partial charge in [-0.15, -0.1) is 0 Å². The molecule has 198 valence electrons. The molecule has 0 amide bonds. The molecule has 0 radical (unpaired) electrons. The number of nitrogens with zero attached hydrogens (tertiary/aromatic N) is 2. The van der Waals surface area contributed by atoms with Crippen LogP contribution in [0.3, 0.4) is 0 Å². The maximum atomic E-state index is 6.04. The number of hydrogen-bond donors (Lipinski definition) is 0. The number of anilines is 3. The summed E-state index contributed by atoms with van der Waals surface area (Å²) in [6, 6.07) is 53.6. The van der Waals surface area contributed by atoms with Gasteiger partial charge in [0.05, 0.1) is 0 Å². The molecule has 3 nitrogen and oxygen atoms in total. The summed E-state index contributed by atoms with van der Waals surface area (Å²) in [6.07, 6.45) is 1.77. The van der Waals surface area contributed by atoms with Crippen LogP contribution >= 0.6 is 0 Å². The van der Waals surface area contributed by atoms with Crippen molar-refractivity contribution in [2.45, 2.75) is 0 Å². The Hall–Kier alpha value is -5.67. The Morgan fingerprint density at radius 3 is 1.81 bits per heavy atom. The summed E-state index contributed by atoms with van der Waals surface area (Å²) >= 11 is 0. The highest BCUT2D eigenvalue weighted by molar-refractivity contribution is 6.05. The van der Waals surface area contributed by atoms with Crippen molar-refractivity contribution in [2.75, 3.05) is 4.90 Å². The molecule has 0 atom stereocenters. The third kappa shape index (κ3) is 4.29. The van der Waals surface area contributed by atoms with Crippen molar-refractivity contribution in [3.63, 3.8) is 0 Å². The first kappa shape index (κ1) is 24.2. The van der Waals surface area contributed by atoms with Crippen LogP contribution < -0.4 is 4.90 Å². The molecule has 0 N–H and O–H groups in total. The van der Waals surface area contributed by atoms with E-state index < -0.39 is 0 Å². The topological polar surface area (TPSA) is 29.3 Å². The molecule has 6 aromatic carbocycles. The second kappa shape index (κ2) is 10.1. The zero-order valence-corrected chi connectivity index (χ0v) is 22.8. The predicted molar refractivity (Wildman–Crippen MR) is 175 cm³/mol. The van der Waals surface area contributed by atoms with Gasteiger partial charge in [0, 0.05) is 34.0 Å². The number of aromatic nitrogens is 1. The molecule has 0 saturated carbocycles. The number of pyridine rings is 1. The van der Waals surface area contributed by atoms with Gasteiger partial charge in [0.15, 0.2) is 0 Å². The minimum atomic E-state index is 0.656. The summed E-state index contributed by atoms with van der Waals surface area (Å²) < 4.78 is 6.04. The fourth-order valence-corrected chi connectivity index (χ4v) is 5.80. The van der Waals surface area contributed by atoms with Crippen molar-refractivity contribution in [2.24, 2.45) is 0 Å². The SMILES string of the molecule is c1ccc(-c2ccc(N(c3ccc4cc(-c5ccccc5)ccc4c3)c3ccc4oc5ncccc5c4c3)cc2)cc1. The fourth-order valence-electron chi connectivity index (χ4n) is 5.80. The van der Waals surface area contributed by atoms with Crippen LogP contribution in [0.5, 0.6) is 0 Å². The van der Waals surface area contributed by atoms with Crippen molar-refractivity contribution in [3.8, 4) is 22.3 Å². The molecule has 3 heteroatoms. The van der Waals surface area contributed by atoms with E-state index in [2.05, 4.69) is 143 Å². The van der Waals surface area contributed by atoms with Crippen LogP contribution in [0.15, 0.2) is 162 Å². The van der Waals surface area contributed by atoms with Gasteiger partial charge in [-0.1, -0.05) is 91.0 Å². The third-order valence-corrected chi connectivity index (χ3v) is 7.91. The number of furan rings is 1. The van der Waals surface area contributed by atoms with E-state index in [1.165, 1.54) is 33.0 Å². The van der Waals surface area contributed by atoms with Crippen molar-refractivity contribution < 1.29 is 4.42 Å². The quantitative estimate of drug-likeness (QED) is 0.218. The number of benzene rings is 6. The van der Waals surface area contributed by atoms with Gasteiger partial charge in [-0.25, -0.2) is 4.98 Å². The maximum absolute atomic E-state index is 6.04. The highest BCUT2D eigenvalue weighted by Gasteiger charge is 2.16. The first-order valence-electron chi connectivity index (χ1n) is 14.1. The summed E-state index contributed by atoms with van der Waals surface area (Å²) in [5.74, 6) is 0. The average Bonchev–Trinajstić information content (AvgIpc) is 3.44. The van der Waals surface area contributed by atoms with Crippen LogP contribution in [0.2, 0.25) is 0 Å². The molecule has 0 unspecified atom stereocenters. The Labute approximate surface area is 243 Å². The number of hydrogen-bond acceptors (Lipinski definition) is 3. The van der Waals surface area contributed by atoms with Gasteiger partial charge in [0.1, 0.15) is 5.58 Å². The fraction of sp³-hybridized carbons (Fsp3) is 0. The standard InChI is InChI=1S/C39H26N2O/c1-3-8-27(9-4-1)29-15-18-33(19-16-29)41(35-21-22-38-37(26-35)36-12-7-23-40-39(36)42-38)34-20-17-31-24-30(13-14-32(31)25-34)28-10-5-2-6-11-28/h1-26H. The second-order valence-corrected chi connectivity index (χ2v) is 10.5. The van der Waals surface area contributed by atoms with E-state index >= 15 is 0 Å². The third-order valence-electron chi connectivity index (χ3n) is 7.91. The van der Waals surface area contributed by atoms with Gasteiger partial charge >= 0.3 is 0 Å². The summed E-state index contributed by atoms with van der Waals surface area (Å²) in [7, 11) is 0. The molecular weight excluding hydrogens is 512 g/mol. The van der Waals surface area contributed by atoms with Crippen LogP contribution in [-0.2, 0) is 0 Å². The molecule has 42 heavy (non-hydrogen) atoms. The molecule has 0 bridgehead atoms. The molecule has 0 aliphatic rings. The van der Waals surface area contributed by atoms with E-state index in [1.807, 2.05) is 18.2 Å². The van der Waals surface area contributed by atoms with Crippen molar-refractivity contribution in [1.82, 2.24) is 4.98 Å². The molecule has 2 aromatic heterocycles. The van der Waals surface area contributed by atoms with Crippen molar-refractivity contribution >= 4 is 49.9 Å². The van der Waals surface area contributed by atoms with E-state index in [0.29, 0.717) is 5.71 Å². The molecule has 0 saturated heterocycles. The summed E-state index contributed by atoms with van der Waals surface area (Å²) in [4.78, 5) is 6.74. The average molecular weight is 539 g/mol. The Morgan fingerprint density at radius 2 is 1.02 bits per heavy atom. The van der Waals surface area contributed by atoms with Gasteiger partial charge < -0.3 is 9.32 Å².